The zero-order valence-corrected chi connectivity index (χ0v) is 15.4. The Balaban J connectivity index is 1.57. The summed E-state index contributed by atoms with van der Waals surface area (Å²) in [4.78, 5) is 12.9. The van der Waals surface area contributed by atoms with E-state index in [2.05, 4.69) is 39.3 Å². The number of fused-ring (bicyclic) bond motifs is 1. The third-order valence-corrected chi connectivity index (χ3v) is 4.92. The lowest BCUT2D eigenvalue weighted by molar-refractivity contribution is -0.0511. The second-order valence-corrected chi connectivity index (χ2v) is 7.01. The first-order valence-corrected chi connectivity index (χ1v) is 9.19. The molecule has 0 bridgehead atoms. The van der Waals surface area contributed by atoms with Crippen LogP contribution in [0.3, 0.4) is 0 Å². The number of hydrogen-bond acceptors (Lipinski definition) is 8. The Morgan fingerprint density at radius 1 is 1.14 bits per heavy atom. The van der Waals surface area contributed by atoms with E-state index in [0.717, 1.165) is 6.42 Å². The molecule has 0 saturated carbocycles. The van der Waals surface area contributed by atoms with Gasteiger partial charge in [-0.05, 0) is 18.9 Å². The lowest BCUT2D eigenvalue weighted by Gasteiger charge is -2.17. The predicted molar refractivity (Wildman–Crippen MR) is 102 cm³/mol. The first-order valence-electron chi connectivity index (χ1n) is 9.19. The Morgan fingerprint density at radius 2 is 1.93 bits per heavy atom. The lowest BCUT2D eigenvalue weighted by Crippen LogP contribution is -2.33. The normalized spacial score (nSPS) is 25.9. The van der Waals surface area contributed by atoms with Gasteiger partial charge < -0.3 is 25.4 Å². The van der Waals surface area contributed by atoms with E-state index >= 15 is 0 Å². The van der Waals surface area contributed by atoms with E-state index in [1.165, 1.54) is 18.2 Å². The fourth-order valence-electron chi connectivity index (χ4n) is 3.51. The molecule has 148 valence electrons. The predicted octanol–water partition coefficient (Wildman–Crippen LogP) is 0.481. The number of benzene rings is 1. The van der Waals surface area contributed by atoms with E-state index in [9.17, 15) is 15.3 Å². The summed E-state index contributed by atoms with van der Waals surface area (Å²) in [5, 5.41) is 32.9. The molecular formula is C19H23N5O4. The third-order valence-electron chi connectivity index (χ3n) is 4.92. The van der Waals surface area contributed by atoms with Crippen molar-refractivity contribution in [1.82, 2.24) is 19.5 Å². The third kappa shape index (κ3) is 3.45. The summed E-state index contributed by atoms with van der Waals surface area (Å²) in [7, 11) is 0. The van der Waals surface area contributed by atoms with Gasteiger partial charge in [-0.1, -0.05) is 30.3 Å². The van der Waals surface area contributed by atoms with Crippen molar-refractivity contribution < 1.29 is 20.1 Å². The van der Waals surface area contributed by atoms with Crippen molar-refractivity contribution in [2.45, 2.75) is 43.9 Å². The number of anilines is 1. The Kier molecular flexibility index (Phi) is 5.23. The summed E-state index contributed by atoms with van der Waals surface area (Å²) in [6.07, 6.45) is -0.395. The van der Waals surface area contributed by atoms with Gasteiger partial charge in [0.1, 0.15) is 24.6 Å². The molecule has 4 rings (SSSR count). The summed E-state index contributed by atoms with van der Waals surface area (Å²) < 4.78 is 7.13. The van der Waals surface area contributed by atoms with Crippen LogP contribution in [-0.2, 0) is 11.2 Å². The Hall–Kier alpha value is -2.59. The van der Waals surface area contributed by atoms with Gasteiger partial charge in [-0.3, -0.25) is 4.57 Å². The number of imidazole rings is 1. The van der Waals surface area contributed by atoms with Crippen molar-refractivity contribution in [2.24, 2.45) is 0 Å². The summed E-state index contributed by atoms with van der Waals surface area (Å²) in [6, 6.07) is 10.3. The zero-order valence-electron chi connectivity index (χ0n) is 15.4. The number of nitrogens with one attached hydrogen (secondary N) is 1. The molecule has 28 heavy (non-hydrogen) atoms. The summed E-state index contributed by atoms with van der Waals surface area (Å²) in [5.74, 6) is 0.582. The molecule has 0 radical (unpaired) electrons. The monoisotopic (exact) mass is 385 g/mol. The van der Waals surface area contributed by atoms with Gasteiger partial charge in [0.2, 0.25) is 0 Å². The standard InChI is InChI=1S/C19H23N5O4/c1-11(7-12-5-3-2-4-6-12)23-17-14-18(21-9-20-17)24(10-22-14)19-16(27)15(26)13(8-25)28-19/h2-6,9-11,13,15-16,19,25-27H,7-8H2,1H3,(H,20,21,23)/t11?,13-,15-,16-,19-/m1/s1. The highest BCUT2D eigenvalue weighted by atomic mass is 16.6. The van der Waals surface area contributed by atoms with Crippen LogP contribution >= 0.6 is 0 Å². The molecule has 3 heterocycles. The molecule has 1 aromatic carbocycles. The highest BCUT2D eigenvalue weighted by Gasteiger charge is 2.44. The van der Waals surface area contributed by atoms with Gasteiger partial charge in [0.25, 0.3) is 0 Å². The van der Waals surface area contributed by atoms with E-state index in [-0.39, 0.29) is 12.6 Å². The fourth-order valence-corrected chi connectivity index (χ4v) is 3.51. The molecular weight excluding hydrogens is 362 g/mol. The number of nitrogens with zero attached hydrogens (tertiary/aromatic N) is 4. The molecule has 0 spiro atoms. The van der Waals surface area contributed by atoms with Crippen molar-refractivity contribution in [3.05, 3.63) is 48.5 Å². The van der Waals surface area contributed by atoms with Gasteiger partial charge in [-0.2, -0.15) is 0 Å². The Bertz CT molecular complexity index is 934. The molecule has 9 nitrogen and oxygen atoms in total. The molecule has 4 N–H and O–H groups in total. The van der Waals surface area contributed by atoms with Crippen molar-refractivity contribution in [2.75, 3.05) is 11.9 Å². The second-order valence-electron chi connectivity index (χ2n) is 7.01. The van der Waals surface area contributed by atoms with Crippen LogP contribution in [0.1, 0.15) is 18.7 Å². The molecule has 1 aliphatic heterocycles. The summed E-state index contributed by atoms with van der Waals surface area (Å²) in [5.41, 5.74) is 2.23. The van der Waals surface area contributed by atoms with E-state index in [4.69, 9.17) is 4.74 Å². The highest BCUT2D eigenvalue weighted by Crippen LogP contribution is 2.32. The SMILES string of the molecule is CC(Cc1ccccc1)Nc1ncnc2c1ncn2[C@@H]1O[C@H](CO)[C@@H](O)[C@H]1O. The van der Waals surface area contributed by atoms with Crippen LogP contribution in [0, 0.1) is 0 Å². The fraction of sp³-hybridized carbons (Fsp3) is 0.421. The minimum Gasteiger partial charge on any atom is -0.394 e. The van der Waals surface area contributed by atoms with Crippen LogP contribution in [0.15, 0.2) is 43.0 Å². The smallest absolute Gasteiger partial charge is 0.167 e. The van der Waals surface area contributed by atoms with Crippen molar-refractivity contribution >= 4 is 17.0 Å². The number of aromatic nitrogens is 4. The van der Waals surface area contributed by atoms with Gasteiger partial charge in [-0.25, -0.2) is 15.0 Å². The van der Waals surface area contributed by atoms with E-state index in [1.54, 1.807) is 4.57 Å². The molecule has 1 aliphatic rings. The molecule has 9 heteroatoms. The summed E-state index contributed by atoms with van der Waals surface area (Å²) in [6.45, 7) is 1.67. The van der Waals surface area contributed by atoms with E-state index < -0.39 is 24.5 Å². The minimum absolute atomic E-state index is 0.111. The van der Waals surface area contributed by atoms with Crippen LogP contribution < -0.4 is 5.32 Å². The van der Waals surface area contributed by atoms with E-state index in [1.807, 2.05) is 18.2 Å². The largest absolute Gasteiger partial charge is 0.394 e. The maximum Gasteiger partial charge on any atom is 0.167 e. The van der Waals surface area contributed by atoms with Gasteiger partial charge in [0, 0.05) is 6.04 Å². The van der Waals surface area contributed by atoms with Crippen LogP contribution in [0.5, 0.6) is 0 Å². The molecule has 5 atom stereocenters. The van der Waals surface area contributed by atoms with Crippen LogP contribution in [0.4, 0.5) is 5.82 Å². The number of ether oxygens (including phenoxy) is 1. The molecule has 0 aliphatic carbocycles. The summed E-state index contributed by atoms with van der Waals surface area (Å²) >= 11 is 0. The molecule has 1 saturated heterocycles. The lowest BCUT2D eigenvalue weighted by atomic mass is 10.1. The minimum atomic E-state index is -1.20. The van der Waals surface area contributed by atoms with Crippen LogP contribution in [-0.4, -0.2) is 65.8 Å². The van der Waals surface area contributed by atoms with Gasteiger partial charge >= 0.3 is 0 Å². The molecule has 2 aromatic heterocycles. The second kappa shape index (κ2) is 7.80. The quantitative estimate of drug-likeness (QED) is 0.483. The number of rotatable bonds is 6. The average Bonchev–Trinajstić information content (AvgIpc) is 3.25. The van der Waals surface area contributed by atoms with Crippen LogP contribution in [0.25, 0.3) is 11.2 Å². The number of aliphatic hydroxyl groups excluding tert-OH is 3. The first-order chi connectivity index (χ1) is 13.6. The van der Waals surface area contributed by atoms with E-state index in [0.29, 0.717) is 17.0 Å². The molecule has 0 amide bonds. The highest BCUT2D eigenvalue weighted by molar-refractivity contribution is 5.82. The van der Waals surface area contributed by atoms with Gasteiger partial charge in [-0.15, -0.1) is 0 Å². The maximum absolute atomic E-state index is 10.3. The van der Waals surface area contributed by atoms with Crippen LogP contribution in [0.2, 0.25) is 0 Å². The van der Waals surface area contributed by atoms with Crippen molar-refractivity contribution in [3.8, 4) is 0 Å². The Morgan fingerprint density at radius 3 is 2.64 bits per heavy atom. The Labute approximate surface area is 161 Å². The molecule has 1 unspecified atom stereocenters. The number of aliphatic hydroxyl groups is 3. The average molecular weight is 385 g/mol. The van der Waals surface area contributed by atoms with Gasteiger partial charge in [0.15, 0.2) is 23.2 Å². The number of hydrogen-bond donors (Lipinski definition) is 4. The van der Waals surface area contributed by atoms with Crippen molar-refractivity contribution in [3.63, 3.8) is 0 Å². The topological polar surface area (TPSA) is 126 Å². The molecule has 3 aromatic rings. The van der Waals surface area contributed by atoms with Gasteiger partial charge in [0.05, 0.1) is 12.9 Å². The zero-order chi connectivity index (χ0) is 19.7. The van der Waals surface area contributed by atoms with Crippen molar-refractivity contribution in [1.29, 1.82) is 0 Å². The first kappa shape index (κ1) is 18.8. The molecule has 1 fully saturated rings. The maximum atomic E-state index is 10.3.